The molecule has 2 heterocycles. The Kier molecular flexibility index (Phi) is 6.09. The largest absolute Gasteiger partial charge is 0.381 e. The first-order chi connectivity index (χ1) is 12.5. The number of fused-ring (bicyclic) bond motifs is 1. The third-order valence-electron chi connectivity index (χ3n) is 4.72. The van der Waals surface area contributed by atoms with E-state index < -0.39 is 0 Å². The molecule has 1 aromatic heterocycles. The molecule has 140 valence electrons. The van der Waals surface area contributed by atoms with Crippen LogP contribution in [0.3, 0.4) is 0 Å². The van der Waals surface area contributed by atoms with Crippen molar-refractivity contribution in [1.29, 1.82) is 0 Å². The minimum atomic E-state index is -0.238. The number of rotatable bonds is 5. The van der Waals surface area contributed by atoms with Crippen molar-refractivity contribution >= 4 is 32.6 Å². The van der Waals surface area contributed by atoms with Crippen LogP contribution < -0.4 is 10.9 Å². The molecule has 1 amide bonds. The van der Waals surface area contributed by atoms with Gasteiger partial charge in [0.15, 0.2) is 0 Å². The summed E-state index contributed by atoms with van der Waals surface area (Å²) in [6.45, 7) is 6.12. The molecule has 2 aromatic rings. The standard InChI is InChI=1S/C19H24BrN3O3/c1-12(2)18-16-9-14(20)3-4-15(16)19(25)23(22-18)11-17(24)21-10-13-5-7-26-8-6-13/h3-4,9,12-13H,5-8,10-11H2,1-2H3,(H,21,24). The van der Waals surface area contributed by atoms with E-state index in [-0.39, 0.29) is 23.9 Å². The fourth-order valence-corrected chi connectivity index (χ4v) is 3.58. The highest BCUT2D eigenvalue weighted by molar-refractivity contribution is 9.10. The lowest BCUT2D eigenvalue weighted by Gasteiger charge is -2.22. The van der Waals surface area contributed by atoms with Crippen LogP contribution >= 0.6 is 15.9 Å². The zero-order chi connectivity index (χ0) is 18.7. The SMILES string of the molecule is CC(C)c1nn(CC(=O)NCC2CCOCC2)c(=O)c2ccc(Br)cc12. The summed E-state index contributed by atoms with van der Waals surface area (Å²) in [7, 11) is 0. The van der Waals surface area contributed by atoms with Crippen LogP contribution in [0.5, 0.6) is 0 Å². The van der Waals surface area contributed by atoms with Crippen LogP contribution in [0.2, 0.25) is 0 Å². The van der Waals surface area contributed by atoms with Crippen LogP contribution in [0.25, 0.3) is 10.8 Å². The first-order valence-electron chi connectivity index (χ1n) is 9.00. The fourth-order valence-electron chi connectivity index (χ4n) is 3.22. The van der Waals surface area contributed by atoms with Crippen molar-refractivity contribution in [3.05, 3.63) is 38.7 Å². The lowest BCUT2D eigenvalue weighted by atomic mass is 10.0. The molecular weight excluding hydrogens is 398 g/mol. The molecule has 0 radical (unpaired) electrons. The molecule has 1 fully saturated rings. The van der Waals surface area contributed by atoms with Gasteiger partial charge in [-0.05, 0) is 42.9 Å². The predicted molar refractivity (Wildman–Crippen MR) is 104 cm³/mol. The number of carbonyl (C=O) groups is 1. The average molecular weight is 422 g/mol. The second-order valence-electron chi connectivity index (χ2n) is 7.05. The molecule has 3 rings (SSSR count). The van der Waals surface area contributed by atoms with Gasteiger partial charge in [-0.2, -0.15) is 5.10 Å². The normalized spacial score (nSPS) is 15.5. The number of amides is 1. The Bertz CT molecular complexity index is 857. The summed E-state index contributed by atoms with van der Waals surface area (Å²) in [5, 5.41) is 8.83. The lowest BCUT2D eigenvalue weighted by molar-refractivity contribution is -0.122. The Morgan fingerprint density at radius 1 is 1.35 bits per heavy atom. The number of carbonyl (C=O) groups excluding carboxylic acids is 1. The molecule has 1 aliphatic rings. The van der Waals surface area contributed by atoms with Gasteiger partial charge < -0.3 is 10.1 Å². The van der Waals surface area contributed by atoms with E-state index in [0.717, 1.165) is 41.6 Å². The van der Waals surface area contributed by atoms with Crippen LogP contribution in [-0.4, -0.2) is 35.4 Å². The first-order valence-corrected chi connectivity index (χ1v) is 9.79. The molecule has 1 N–H and O–H groups in total. The van der Waals surface area contributed by atoms with E-state index >= 15 is 0 Å². The molecule has 1 aliphatic heterocycles. The number of nitrogens with one attached hydrogen (secondary N) is 1. The zero-order valence-corrected chi connectivity index (χ0v) is 16.7. The summed E-state index contributed by atoms with van der Waals surface area (Å²) in [4.78, 5) is 25.1. The molecule has 0 saturated carbocycles. The van der Waals surface area contributed by atoms with Crippen molar-refractivity contribution in [2.75, 3.05) is 19.8 Å². The van der Waals surface area contributed by atoms with Gasteiger partial charge in [-0.1, -0.05) is 29.8 Å². The lowest BCUT2D eigenvalue weighted by Crippen LogP contribution is -2.37. The maximum atomic E-state index is 12.7. The summed E-state index contributed by atoms with van der Waals surface area (Å²) >= 11 is 3.45. The highest BCUT2D eigenvalue weighted by atomic mass is 79.9. The Hall–Kier alpha value is -1.73. The molecule has 7 heteroatoms. The number of ether oxygens (including phenoxy) is 1. The molecule has 0 atom stereocenters. The summed E-state index contributed by atoms with van der Waals surface area (Å²) in [5.74, 6) is 0.402. The number of aromatic nitrogens is 2. The van der Waals surface area contributed by atoms with E-state index in [9.17, 15) is 9.59 Å². The molecule has 1 aromatic carbocycles. The minimum Gasteiger partial charge on any atom is -0.381 e. The number of hydrogen-bond donors (Lipinski definition) is 1. The number of nitrogens with zero attached hydrogens (tertiary/aromatic N) is 2. The van der Waals surface area contributed by atoms with E-state index in [1.807, 2.05) is 26.0 Å². The smallest absolute Gasteiger partial charge is 0.275 e. The van der Waals surface area contributed by atoms with Crippen molar-refractivity contribution in [1.82, 2.24) is 15.1 Å². The van der Waals surface area contributed by atoms with E-state index in [1.165, 1.54) is 4.68 Å². The summed E-state index contributed by atoms with van der Waals surface area (Å²) < 4.78 is 7.52. The van der Waals surface area contributed by atoms with Crippen molar-refractivity contribution in [2.45, 2.75) is 39.2 Å². The van der Waals surface area contributed by atoms with Gasteiger partial charge in [-0.3, -0.25) is 9.59 Å². The van der Waals surface area contributed by atoms with Gasteiger partial charge >= 0.3 is 0 Å². The highest BCUT2D eigenvalue weighted by Crippen LogP contribution is 2.24. The van der Waals surface area contributed by atoms with Gasteiger partial charge in [0, 0.05) is 29.6 Å². The maximum Gasteiger partial charge on any atom is 0.275 e. The first kappa shape index (κ1) is 19.0. The molecule has 1 saturated heterocycles. The van der Waals surface area contributed by atoms with E-state index in [2.05, 4.69) is 26.3 Å². The Labute approximate surface area is 161 Å². The summed E-state index contributed by atoms with van der Waals surface area (Å²) in [6, 6.07) is 5.53. The number of hydrogen-bond acceptors (Lipinski definition) is 4. The van der Waals surface area contributed by atoms with Gasteiger partial charge in [0.2, 0.25) is 5.91 Å². The van der Waals surface area contributed by atoms with Crippen LogP contribution in [0, 0.1) is 5.92 Å². The maximum absolute atomic E-state index is 12.7. The molecular formula is C19H24BrN3O3. The third-order valence-corrected chi connectivity index (χ3v) is 5.21. The topological polar surface area (TPSA) is 73.2 Å². The van der Waals surface area contributed by atoms with Crippen molar-refractivity contribution in [3.8, 4) is 0 Å². The molecule has 26 heavy (non-hydrogen) atoms. The van der Waals surface area contributed by atoms with Gasteiger partial charge in [0.1, 0.15) is 6.54 Å². The van der Waals surface area contributed by atoms with Crippen molar-refractivity contribution in [3.63, 3.8) is 0 Å². The second kappa shape index (κ2) is 8.31. The van der Waals surface area contributed by atoms with Crippen LogP contribution in [0.4, 0.5) is 0 Å². The number of halogens is 1. The Morgan fingerprint density at radius 3 is 2.77 bits per heavy atom. The van der Waals surface area contributed by atoms with Gasteiger partial charge in [-0.15, -0.1) is 0 Å². The molecule has 0 unspecified atom stereocenters. The third kappa shape index (κ3) is 4.32. The molecule has 0 spiro atoms. The fraction of sp³-hybridized carbons (Fsp3) is 0.526. The zero-order valence-electron chi connectivity index (χ0n) is 15.1. The van der Waals surface area contributed by atoms with E-state index in [4.69, 9.17) is 4.74 Å². The van der Waals surface area contributed by atoms with Gasteiger partial charge in [0.05, 0.1) is 11.1 Å². The highest BCUT2D eigenvalue weighted by Gasteiger charge is 2.17. The minimum absolute atomic E-state index is 0.0617. The van der Waals surface area contributed by atoms with Crippen LogP contribution in [0.1, 0.15) is 38.3 Å². The van der Waals surface area contributed by atoms with E-state index in [0.29, 0.717) is 17.8 Å². The number of benzene rings is 1. The molecule has 0 aliphatic carbocycles. The Morgan fingerprint density at radius 2 is 2.08 bits per heavy atom. The average Bonchev–Trinajstić information content (AvgIpc) is 2.63. The summed E-state index contributed by atoms with van der Waals surface area (Å²) in [6.07, 6.45) is 1.92. The second-order valence-corrected chi connectivity index (χ2v) is 7.97. The van der Waals surface area contributed by atoms with Gasteiger partial charge in [-0.25, -0.2) is 4.68 Å². The Balaban J connectivity index is 1.80. The monoisotopic (exact) mass is 421 g/mol. The predicted octanol–water partition coefficient (Wildman–Crippen LogP) is 2.83. The van der Waals surface area contributed by atoms with Crippen molar-refractivity contribution < 1.29 is 9.53 Å². The van der Waals surface area contributed by atoms with Gasteiger partial charge in [0.25, 0.3) is 5.56 Å². The molecule has 0 bridgehead atoms. The van der Waals surface area contributed by atoms with Crippen LogP contribution in [-0.2, 0) is 16.1 Å². The molecule has 6 nitrogen and oxygen atoms in total. The van der Waals surface area contributed by atoms with Crippen LogP contribution in [0.15, 0.2) is 27.5 Å². The van der Waals surface area contributed by atoms with E-state index in [1.54, 1.807) is 6.07 Å². The quantitative estimate of drug-likeness (QED) is 0.805. The summed E-state index contributed by atoms with van der Waals surface area (Å²) in [5.41, 5.74) is 0.580. The van der Waals surface area contributed by atoms with Crippen molar-refractivity contribution in [2.24, 2.45) is 5.92 Å².